The van der Waals surface area contributed by atoms with E-state index in [1.807, 2.05) is 37.3 Å². The Labute approximate surface area is 156 Å². The fraction of sp³-hybridized carbons (Fsp3) is 0.158. The van der Waals surface area contributed by atoms with Gasteiger partial charge in [-0.3, -0.25) is 9.69 Å². The average Bonchev–Trinajstić information content (AvgIpc) is 2.85. The van der Waals surface area contributed by atoms with E-state index in [-0.39, 0.29) is 5.91 Å². The molecule has 24 heavy (non-hydrogen) atoms. The number of hydrogen-bond donors (Lipinski definition) is 0. The van der Waals surface area contributed by atoms with Crippen LogP contribution in [0.2, 0.25) is 5.02 Å². The maximum atomic E-state index is 12.7. The van der Waals surface area contributed by atoms with Crippen LogP contribution in [0.4, 0.5) is 5.69 Å². The summed E-state index contributed by atoms with van der Waals surface area (Å²) in [5, 5.41) is 0.626. The maximum absolute atomic E-state index is 12.7. The summed E-state index contributed by atoms with van der Waals surface area (Å²) in [6, 6.07) is 13.7. The topological polar surface area (TPSA) is 20.3 Å². The van der Waals surface area contributed by atoms with E-state index >= 15 is 0 Å². The van der Waals surface area contributed by atoms with Crippen LogP contribution in [0.25, 0.3) is 6.08 Å². The molecule has 2 aromatic carbocycles. The molecule has 2 nitrogen and oxygen atoms in total. The lowest BCUT2D eigenvalue weighted by Gasteiger charge is -2.15. The molecule has 1 aliphatic heterocycles. The number of aryl methyl sites for hydroxylation is 2. The van der Waals surface area contributed by atoms with Crippen LogP contribution in [-0.4, -0.2) is 10.2 Å². The minimum Gasteiger partial charge on any atom is -0.268 e. The Morgan fingerprint density at radius 3 is 2.54 bits per heavy atom. The highest BCUT2D eigenvalue weighted by Gasteiger charge is 2.33. The van der Waals surface area contributed by atoms with Crippen molar-refractivity contribution in [3.05, 3.63) is 69.1 Å². The normalized spacial score (nSPS) is 16.3. The first kappa shape index (κ1) is 17.2. The van der Waals surface area contributed by atoms with Gasteiger partial charge in [-0.25, -0.2) is 0 Å². The minimum absolute atomic E-state index is 0.107. The van der Waals surface area contributed by atoms with Crippen LogP contribution in [0.5, 0.6) is 0 Å². The summed E-state index contributed by atoms with van der Waals surface area (Å²) >= 11 is 12.9. The van der Waals surface area contributed by atoms with E-state index in [0.717, 1.165) is 17.5 Å². The SMILES string of the molecule is CCc1ccc(/C=C2\SC(=S)N(c3ccc(C)c(Cl)c3)C2=O)cc1. The van der Waals surface area contributed by atoms with Gasteiger partial charge in [0.05, 0.1) is 10.6 Å². The Morgan fingerprint density at radius 2 is 1.92 bits per heavy atom. The van der Waals surface area contributed by atoms with Gasteiger partial charge >= 0.3 is 0 Å². The molecule has 3 rings (SSSR count). The molecule has 1 amide bonds. The summed E-state index contributed by atoms with van der Waals surface area (Å²) in [7, 11) is 0. The third-order valence-corrected chi connectivity index (χ3v) is 5.60. The van der Waals surface area contributed by atoms with E-state index in [9.17, 15) is 4.79 Å². The number of halogens is 1. The van der Waals surface area contributed by atoms with Crippen molar-refractivity contribution in [2.24, 2.45) is 0 Å². The third kappa shape index (κ3) is 3.41. The summed E-state index contributed by atoms with van der Waals surface area (Å²) in [6.07, 6.45) is 2.88. The highest BCUT2D eigenvalue weighted by Crippen LogP contribution is 2.37. The Hall–Kier alpha value is -1.62. The lowest BCUT2D eigenvalue weighted by molar-refractivity contribution is -0.113. The number of benzene rings is 2. The average molecular weight is 374 g/mol. The fourth-order valence-electron chi connectivity index (χ4n) is 2.41. The number of carbonyl (C=O) groups excluding carboxylic acids is 1. The lowest BCUT2D eigenvalue weighted by Crippen LogP contribution is -2.27. The molecule has 0 aromatic heterocycles. The largest absolute Gasteiger partial charge is 0.270 e. The van der Waals surface area contributed by atoms with E-state index in [0.29, 0.717) is 19.9 Å². The number of carbonyl (C=O) groups is 1. The van der Waals surface area contributed by atoms with Crippen LogP contribution in [0.15, 0.2) is 47.4 Å². The molecule has 5 heteroatoms. The van der Waals surface area contributed by atoms with Gasteiger partial charge in [-0.2, -0.15) is 0 Å². The highest BCUT2D eigenvalue weighted by atomic mass is 35.5. The molecule has 2 aromatic rings. The number of nitrogens with zero attached hydrogens (tertiary/aromatic N) is 1. The zero-order valence-electron chi connectivity index (χ0n) is 13.4. The van der Waals surface area contributed by atoms with E-state index < -0.39 is 0 Å². The van der Waals surface area contributed by atoms with Crippen LogP contribution in [-0.2, 0) is 11.2 Å². The molecular formula is C19H16ClNOS2. The van der Waals surface area contributed by atoms with Gasteiger partial charge in [0.15, 0.2) is 4.32 Å². The first-order valence-corrected chi connectivity index (χ1v) is 9.23. The lowest BCUT2D eigenvalue weighted by atomic mass is 10.1. The number of thioether (sulfide) groups is 1. The Balaban J connectivity index is 1.90. The van der Waals surface area contributed by atoms with Crippen molar-refractivity contribution in [3.63, 3.8) is 0 Å². The monoisotopic (exact) mass is 373 g/mol. The Morgan fingerprint density at radius 1 is 1.21 bits per heavy atom. The smallest absolute Gasteiger partial charge is 0.268 e. The van der Waals surface area contributed by atoms with Gasteiger partial charge in [0.25, 0.3) is 5.91 Å². The van der Waals surface area contributed by atoms with Crippen molar-refractivity contribution in [1.29, 1.82) is 0 Å². The van der Waals surface area contributed by atoms with Gasteiger partial charge in [0.2, 0.25) is 0 Å². The number of amides is 1. The van der Waals surface area contributed by atoms with Crippen molar-refractivity contribution in [3.8, 4) is 0 Å². The molecule has 0 bridgehead atoms. The molecule has 0 unspecified atom stereocenters. The molecule has 122 valence electrons. The predicted molar refractivity (Wildman–Crippen MR) is 108 cm³/mol. The van der Waals surface area contributed by atoms with E-state index in [1.165, 1.54) is 22.2 Å². The Bertz CT molecular complexity index is 843. The van der Waals surface area contributed by atoms with Crippen LogP contribution in [0.1, 0.15) is 23.6 Å². The summed E-state index contributed by atoms with van der Waals surface area (Å²) in [6.45, 7) is 4.04. The second kappa shape index (κ2) is 7.09. The third-order valence-electron chi connectivity index (χ3n) is 3.89. The van der Waals surface area contributed by atoms with E-state index in [1.54, 1.807) is 6.07 Å². The van der Waals surface area contributed by atoms with Gasteiger partial charge in [-0.05, 0) is 48.2 Å². The van der Waals surface area contributed by atoms with Crippen molar-refractivity contribution < 1.29 is 4.79 Å². The summed E-state index contributed by atoms with van der Waals surface area (Å²) in [5.41, 5.74) is 3.94. The molecule has 0 spiro atoms. The molecule has 0 atom stereocenters. The zero-order valence-corrected chi connectivity index (χ0v) is 15.8. The van der Waals surface area contributed by atoms with E-state index in [4.69, 9.17) is 23.8 Å². The van der Waals surface area contributed by atoms with Crippen LogP contribution in [0.3, 0.4) is 0 Å². The predicted octanol–water partition coefficient (Wildman–Crippen LogP) is 5.62. The number of hydrogen-bond acceptors (Lipinski definition) is 3. The van der Waals surface area contributed by atoms with Gasteiger partial charge in [0, 0.05) is 5.02 Å². The number of rotatable bonds is 3. The number of anilines is 1. The second-order valence-electron chi connectivity index (χ2n) is 5.55. The number of thiocarbonyl (C=S) groups is 1. The van der Waals surface area contributed by atoms with Crippen molar-refractivity contribution in [1.82, 2.24) is 0 Å². The zero-order chi connectivity index (χ0) is 17.3. The highest BCUT2D eigenvalue weighted by molar-refractivity contribution is 8.27. The molecule has 1 saturated heterocycles. The molecule has 0 saturated carbocycles. The first-order chi connectivity index (χ1) is 11.5. The molecule has 0 radical (unpaired) electrons. The van der Waals surface area contributed by atoms with Crippen molar-refractivity contribution in [2.45, 2.75) is 20.3 Å². The van der Waals surface area contributed by atoms with E-state index in [2.05, 4.69) is 19.1 Å². The quantitative estimate of drug-likeness (QED) is 0.514. The van der Waals surface area contributed by atoms with Crippen LogP contribution < -0.4 is 4.90 Å². The van der Waals surface area contributed by atoms with Crippen molar-refractivity contribution in [2.75, 3.05) is 4.90 Å². The first-order valence-electron chi connectivity index (χ1n) is 7.62. The second-order valence-corrected chi connectivity index (χ2v) is 7.63. The van der Waals surface area contributed by atoms with Crippen molar-refractivity contribution >= 4 is 57.6 Å². The van der Waals surface area contributed by atoms with Crippen LogP contribution >= 0.6 is 35.6 Å². The molecule has 0 N–H and O–H groups in total. The Kier molecular flexibility index (Phi) is 5.09. The summed E-state index contributed by atoms with van der Waals surface area (Å²) < 4.78 is 0.524. The van der Waals surface area contributed by atoms with Gasteiger partial charge in [0.1, 0.15) is 0 Å². The van der Waals surface area contributed by atoms with Gasteiger partial charge in [-0.15, -0.1) is 0 Å². The fourth-order valence-corrected chi connectivity index (χ4v) is 3.89. The molecule has 1 fully saturated rings. The summed E-state index contributed by atoms with van der Waals surface area (Å²) in [5.74, 6) is -0.107. The molecule has 0 aliphatic carbocycles. The standard InChI is InChI=1S/C19H16ClNOS2/c1-3-13-5-7-14(8-6-13)10-17-18(22)21(19(23)24-17)15-9-4-12(2)16(20)11-15/h4-11H,3H2,1-2H3/b17-10-. The molecular weight excluding hydrogens is 358 g/mol. The molecule has 1 aliphatic rings. The summed E-state index contributed by atoms with van der Waals surface area (Å²) in [4.78, 5) is 14.9. The van der Waals surface area contributed by atoms with Crippen LogP contribution in [0, 0.1) is 6.92 Å². The maximum Gasteiger partial charge on any atom is 0.270 e. The molecule has 1 heterocycles. The van der Waals surface area contributed by atoms with Gasteiger partial charge in [-0.1, -0.05) is 72.8 Å². The van der Waals surface area contributed by atoms with Gasteiger partial charge < -0.3 is 0 Å². The minimum atomic E-state index is -0.107.